The Kier molecular flexibility index (Phi) is 4.29. The van der Waals surface area contributed by atoms with Gasteiger partial charge in [0.15, 0.2) is 0 Å². The van der Waals surface area contributed by atoms with E-state index >= 15 is 0 Å². The SMILES string of the molecule is Cc1ccc(C(=O)N2CCc3cnn(C)c3[C@@H]2COCC2CC2)cn1. The van der Waals surface area contributed by atoms with Crippen LogP contribution in [0.25, 0.3) is 0 Å². The highest BCUT2D eigenvalue weighted by molar-refractivity contribution is 5.94. The Hall–Kier alpha value is -2.21. The Balaban J connectivity index is 1.58. The fourth-order valence-electron chi connectivity index (χ4n) is 3.46. The predicted molar refractivity (Wildman–Crippen MR) is 93.2 cm³/mol. The molecular weight excluding hydrogens is 316 g/mol. The molecule has 0 saturated heterocycles. The van der Waals surface area contributed by atoms with Crippen molar-refractivity contribution in [3.05, 3.63) is 47.0 Å². The summed E-state index contributed by atoms with van der Waals surface area (Å²) in [5.41, 5.74) is 3.85. The number of aromatic nitrogens is 3. The summed E-state index contributed by atoms with van der Waals surface area (Å²) in [6, 6.07) is 3.64. The number of hydrogen-bond acceptors (Lipinski definition) is 4. The zero-order chi connectivity index (χ0) is 17.4. The lowest BCUT2D eigenvalue weighted by Gasteiger charge is -2.36. The van der Waals surface area contributed by atoms with Crippen molar-refractivity contribution < 1.29 is 9.53 Å². The maximum absolute atomic E-state index is 13.1. The van der Waals surface area contributed by atoms with E-state index in [-0.39, 0.29) is 11.9 Å². The molecule has 25 heavy (non-hydrogen) atoms. The molecule has 0 bridgehead atoms. The van der Waals surface area contributed by atoms with E-state index in [1.54, 1.807) is 6.20 Å². The Bertz CT molecular complexity index is 764. The molecule has 3 heterocycles. The molecule has 6 heteroatoms. The summed E-state index contributed by atoms with van der Waals surface area (Å²) < 4.78 is 7.85. The van der Waals surface area contributed by atoms with Gasteiger partial charge in [-0.25, -0.2) is 0 Å². The van der Waals surface area contributed by atoms with Crippen LogP contribution in [0.15, 0.2) is 24.5 Å². The van der Waals surface area contributed by atoms with E-state index in [9.17, 15) is 4.79 Å². The van der Waals surface area contributed by atoms with Crippen LogP contribution >= 0.6 is 0 Å². The maximum atomic E-state index is 13.1. The van der Waals surface area contributed by atoms with Gasteiger partial charge in [-0.15, -0.1) is 0 Å². The number of aryl methyl sites for hydroxylation is 2. The molecule has 132 valence electrons. The molecule has 1 fully saturated rings. The molecule has 2 aromatic heterocycles. The van der Waals surface area contributed by atoms with E-state index in [0.29, 0.717) is 24.6 Å². The molecule has 2 aliphatic rings. The fourth-order valence-corrected chi connectivity index (χ4v) is 3.46. The van der Waals surface area contributed by atoms with Gasteiger partial charge in [-0.05, 0) is 49.8 Å². The number of rotatable bonds is 5. The number of nitrogens with zero attached hydrogens (tertiary/aromatic N) is 4. The first-order chi connectivity index (χ1) is 12.1. The van der Waals surface area contributed by atoms with Crippen molar-refractivity contribution in [3.8, 4) is 0 Å². The molecule has 1 amide bonds. The topological polar surface area (TPSA) is 60.2 Å². The molecule has 1 atom stereocenters. The van der Waals surface area contributed by atoms with Crippen molar-refractivity contribution in [1.82, 2.24) is 19.7 Å². The third kappa shape index (κ3) is 3.31. The first-order valence-electron chi connectivity index (χ1n) is 8.95. The van der Waals surface area contributed by atoms with Crippen LogP contribution in [0, 0.1) is 12.8 Å². The average molecular weight is 340 g/mol. The fraction of sp³-hybridized carbons (Fsp3) is 0.526. The Morgan fingerprint density at radius 2 is 2.12 bits per heavy atom. The van der Waals surface area contributed by atoms with Gasteiger partial charge in [0.2, 0.25) is 0 Å². The number of pyridine rings is 1. The summed E-state index contributed by atoms with van der Waals surface area (Å²) in [7, 11) is 1.94. The van der Waals surface area contributed by atoms with Crippen molar-refractivity contribution in [1.29, 1.82) is 0 Å². The zero-order valence-electron chi connectivity index (χ0n) is 14.8. The molecule has 0 unspecified atom stereocenters. The lowest BCUT2D eigenvalue weighted by Crippen LogP contribution is -2.42. The van der Waals surface area contributed by atoms with Crippen LogP contribution < -0.4 is 0 Å². The van der Waals surface area contributed by atoms with E-state index in [1.807, 2.05) is 41.9 Å². The second-order valence-corrected chi connectivity index (χ2v) is 7.11. The van der Waals surface area contributed by atoms with Gasteiger partial charge in [0.05, 0.1) is 30.1 Å². The van der Waals surface area contributed by atoms with Crippen LogP contribution in [0.3, 0.4) is 0 Å². The van der Waals surface area contributed by atoms with Crippen molar-refractivity contribution >= 4 is 5.91 Å². The highest BCUT2D eigenvalue weighted by Gasteiger charge is 2.34. The first-order valence-corrected chi connectivity index (χ1v) is 8.95. The molecule has 0 N–H and O–H groups in total. The second-order valence-electron chi connectivity index (χ2n) is 7.11. The van der Waals surface area contributed by atoms with E-state index in [2.05, 4.69) is 10.1 Å². The number of fused-ring (bicyclic) bond motifs is 1. The molecule has 1 saturated carbocycles. The Morgan fingerprint density at radius 1 is 1.28 bits per heavy atom. The van der Waals surface area contributed by atoms with Crippen LogP contribution in [0.1, 0.15) is 46.2 Å². The number of carbonyl (C=O) groups excluding carboxylic acids is 1. The smallest absolute Gasteiger partial charge is 0.256 e. The number of amides is 1. The molecular formula is C19H24N4O2. The maximum Gasteiger partial charge on any atom is 0.256 e. The summed E-state index contributed by atoms with van der Waals surface area (Å²) >= 11 is 0. The van der Waals surface area contributed by atoms with Gasteiger partial charge in [-0.1, -0.05) is 0 Å². The van der Waals surface area contributed by atoms with Crippen LogP contribution in [0.4, 0.5) is 0 Å². The van der Waals surface area contributed by atoms with Crippen LogP contribution in [0.5, 0.6) is 0 Å². The third-order valence-corrected chi connectivity index (χ3v) is 5.12. The van der Waals surface area contributed by atoms with Gasteiger partial charge in [-0.3, -0.25) is 14.5 Å². The van der Waals surface area contributed by atoms with Gasteiger partial charge in [0, 0.05) is 32.1 Å². The van der Waals surface area contributed by atoms with Gasteiger partial charge in [-0.2, -0.15) is 5.10 Å². The molecule has 0 radical (unpaired) electrons. The van der Waals surface area contributed by atoms with Crippen molar-refractivity contribution in [2.24, 2.45) is 13.0 Å². The van der Waals surface area contributed by atoms with Crippen LogP contribution in [0.2, 0.25) is 0 Å². The summed E-state index contributed by atoms with van der Waals surface area (Å²) in [5.74, 6) is 0.722. The molecule has 0 aromatic carbocycles. The number of carbonyl (C=O) groups is 1. The first kappa shape index (κ1) is 16.3. The van der Waals surface area contributed by atoms with E-state index < -0.39 is 0 Å². The highest BCUT2D eigenvalue weighted by Crippen LogP contribution is 2.33. The second kappa shape index (κ2) is 6.59. The summed E-state index contributed by atoms with van der Waals surface area (Å²) in [4.78, 5) is 19.3. The molecule has 1 aliphatic carbocycles. The van der Waals surface area contributed by atoms with Gasteiger partial charge < -0.3 is 9.64 Å². The Labute approximate surface area is 147 Å². The lowest BCUT2D eigenvalue weighted by molar-refractivity contribution is 0.0348. The minimum absolute atomic E-state index is 0.0133. The number of ether oxygens (including phenoxy) is 1. The standard InChI is InChI=1S/C19H24N4O2/c1-13-3-6-16(9-20-13)19(24)23-8-7-15-10-21-22(2)18(15)17(23)12-25-11-14-4-5-14/h3,6,9-10,14,17H,4-5,7-8,11-12H2,1-2H3/t17-/m0/s1. The summed E-state index contributed by atoms with van der Waals surface area (Å²) in [6.45, 7) is 3.92. The van der Waals surface area contributed by atoms with Gasteiger partial charge in [0.25, 0.3) is 5.91 Å². The molecule has 2 aromatic rings. The van der Waals surface area contributed by atoms with Crippen molar-refractivity contribution in [2.75, 3.05) is 19.8 Å². The van der Waals surface area contributed by atoms with Crippen LogP contribution in [-0.4, -0.2) is 45.3 Å². The predicted octanol–water partition coefficient (Wildman–Crippen LogP) is 2.29. The van der Waals surface area contributed by atoms with Crippen molar-refractivity contribution in [2.45, 2.75) is 32.2 Å². The number of hydrogen-bond donors (Lipinski definition) is 0. The van der Waals surface area contributed by atoms with Gasteiger partial charge >= 0.3 is 0 Å². The molecule has 1 aliphatic heterocycles. The monoisotopic (exact) mass is 340 g/mol. The molecule has 4 rings (SSSR count). The normalized spacial score (nSPS) is 19.8. The third-order valence-electron chi connectivity index (χ3n) is 5.12. The van der Waals surface area contributed by atoms with Crippen molar-refractivity contribution in [3.63, 3.8) is 0 Å². The largest absolute Gasteiger partial charge is 0.379 e. The average Bonchev–Trinajstić information content (AvgIpc) is 3.36. The minimum atomic E-state index is -0.0937. The summed E-state index contributed by atoms with van der Waals surface area (Å²) in [6.07, 6.45) is 6.93. The molecule has 0 spiro atoms. The lowest BCUT2D eigenvalue weighted by atomic mass is 9.99. The minimum Gasteiger partial charge on any atom is -0.379 e. The zero-order valence-corrected chi connectivity index (χ0v) is 14.8. The molecule has 6 nitrogen and oxygen atoms in total. The van der Waals surface area contributed by atoms with Gasteiger partial charge in [0.1, 0.15) is 0 Å². The highest BCUT2D eigenvalue weighted by atomic mass is 16.5. The van der Waals surface area contributed by atoms with E-state index in [4.69, 9.17) is 4.74 Å². The van der Waals surface area contributed by atoms with E-state index in [0.717, 1.165) is 24.4 Å². The Morgan fingerprint density at radius 3 is 2.84 bits per heavy atom. The summed E-state index contributed by atoms with van der Waals surface area (Å²) in [5, 5.41) is 4.39. The van der Waals surface area contributed by atoms with E-state index in [1.165, 1.54) is 18.4 Å². The van der Waals surface area contributed by atoms with Crippen LogP contribution in [-0.2, 0) is 18.2 Å². The quantitative estimate of drug-likeness (QED) is 0.838.